The Labute approximate surface area is 115 Å². The van der Waals surface area contributed by atoms with E-state index in [9.17, 15) is 0 Å². The van der Waals surface area contributed by atoms with Gasteiger partial charge in [-0.05, 0) is 36.8 Å². The van der Waals surface area contributed by atoms with Crippen molar-refractivity contribution >= 4 is 23.2 Å². The first-order valence-electron chi connectivity index (χ1n) is 5.24. The molecule has 0 bridgehead atoms. The van der Waals surface area contributed by atoms with Crippen LogP contribution in [-0.4, -0.2) is 0 Å². The van der Waals surface area contributed by atoms with E-state index >= 15 is 0 Å². The summed E-state index contributed by atoms with van der Waals surface area (Å²) in [5.74, 6) is 1.02. The van der Waals surface area contributed by atoms with E-state index in [4.69, 9.17) is 33.2 Å². The van der Waals surface area contributed by atoms with Crippen molar-refractivity contribution in [3.63, 3.8) is 0 Å². The number of hydrogen-bond acceptors (Lipinski definition) is 2. The molecule has 0 aliphatic rings. The fourth-order valence-corrected chi connectivity index (χ4v) is 2.08. The minimum Gasteiger partial charge on any atom is -0.454 e. The molecule has 2 aromatic carbocycles. The number of rotatable bonds is 2. The van der Waals surface area contributed by atoms with Gasteiger partial charge in [0.05, 0.1) is 21.7 Å². The summed E-state index contributed by atoms with van der Waals surface area (Å²) in [6.07, 6.45) is 0. The highest BCUT2D eigenvalue weighted by Crippen LogP contribution is 2.37. The predicted molar refractivity (Wildman–Crippen MR) is 72.4 cm³/mol. The molecule has 0 amide bonds. The highest BCUT2D eigenvalue weighted by atomic mass is 35.5. The predicted octanol–water partition coefficient (Wildman–Crippen LogP) is 4.97. The van der Waals surface area contributed by atoms with Crippen LogP contribution in [0, 0.1) is 18.3 Å². The van der Waals surface area contributed by atoms with Crippen LogP contribution < -0.4 is 4.74 Å². The van der Waals surface area contributed by atoms with Crippen molar-refractivity contribution in [1.29, 1.82) is 5.26 Å². The fourth-order valence-electron chi connectivity index (χ4n) is 1.52. The monoisotopic (exact) mass is 277 g/mol. The van der Waals surface area contributed by atoms with Crippen molar-refractivity contribution in [3.8, 4) is 17.6 Å². The van der Waals surface area contributed by atoms with Gasteiger partial charge in [0.25, 0.3) is 0 Å². The highest BCUT2D eigenvalue weighted by molar-refractivity contribution is 6.37. The second-order valence-electron chi connectivity index (χ2n) is 3.80. The van der Waals surface area contributed by atoms with Gasteiger partial charge in [-0.15, -0.1) is 0 Å². The van der Waals surface area contributed by atoms with E-state index in [1.807, 2.05) is 37.3 Å². The lowest BCUT2D eigenvalue weighted by atomic mass is 10.2. The molecule has 0 atom stereocenters. The maximum Gasteiger partial charge on any atom is 0.164 e. The second-order valence-corrected chi connectivity index (χ2v) is 4.61. The molecule has 2 rings (SSSR count). The van der Waals surface area contributed by atoms with Crippen molar-refractivity contribution in [3.05, 3.63) is 57.6 Å². The Balaban J connectivity index is 2.38. The molecule has 18 heavy (non-hydrogen) atoms. The molecule has 0 aromatic heterocycles. The molecule has 0 unspecified atom stereocenters. The molecule has 4 heteroatoms. The SMILES string of the molecule is Cc1cccc(Oc2c(Cl)cc(C#N)cc2Cl)c1. The van der Waals surface area contributed by atoms with Gasteiger partial charge in [-0.1, -0.05) is 35.3 Å². The third-order valence-electron chi connectivity index (χ3n) is 2.34. The standard InChI is InChI=1S/C14H9Cl2NO/c1-9-3-2-4-11(5-9)18-14-12(15)6-10(8-17)7-13(14)16/h2-7H,1H3. The first-order valence-corrected chi connectivity index (χ1v) is 5.99. The van der Waals surface area contributed by atoms with E-state index in [-0.39, 0.29) is 0 Å². The van der Waals surface area contributed by atoms with Crippen molar-refractivity contribution in [2.75, 3.05) is 0 Å². The molecule has 0 aliphatic carbocycles. The number of nitrogens with zero attached hydrogens (tertiary/aromatic N) is 1. The van der Waals surface area contributed by atoms with Crippen LogP contribution in [0.2, 0.25) is 10.0 Å². The Morgan fingerprint density at radius 1 is 1.11 bits per heavy atom. The summed E-state index contributed by atoms with van der Waals surface area (Å²) >= 11 is 12.1. The highest BCUT2D eigenvalue weighted by Gasteiger charge is 2.10. The van der Waals surface area contributed by atoms with Crippen molar-refractivity contribution in [2.45, 2.75) is 6.92 Å². The Morgan fingerprint density at radius 3 is 2.33 bits per heavy atom. The normalized spacial score (nSPS) is 9.89. The van der Waals surface area contributed by atoms with Gasteiger partial charge in [-0.3, -0.25) is 0 Å². The van der Waals surface area contributed by atoms with Crippen LogP contribution in [0.15, 0.2) is 36.4 Å². The van der Waals surface area contributed by atoms with Crippen LogP contribution in [0.1, 0.15) is 11.1 Å². The van der Waals surface area contributed by atoms with E-state index in [1.165, 1.54) is 12.1 Å². The van der Waals surface area contributed by atoms with Gasteiger partial charge < -0.3 is 4.74 Å². The second kappa shape index (κ2) is 5.30. The van der Waals surface area contributed by atoms with Crippen LogP contribution in [0.4, 0.5) is 0 Å². The van der Waals surface area contributed by atoms with Crippen LogP contribution in [0.3, 0.4) is 0 Å². The fraction of sp³-hybridized carbons (Fsp3) is 0.0714. The van der Waals surface area contributed by atoms with Crippen LogP contribution in [-0.2, 0) is 0 Å². The van der Waals surface area contributed by atoms with E-state index in [2.05, 4.69) is 0 Å². The summed E-state index contributed by atoms with van der Waals surface area (Å²) < 4.78 is 5.65. The minimum absolute atomic E-state index is 0.320. The van der Waals surface area contributed by atoms with E-state index in [1.54, 1.807) is 0 Å². The van der Waals surface area contributed by atoms with Gasteiger partial charge >= 0.3 is 0 Å². The van der Waals surface area contributed by atoms with Gasteiger partial charge in [-0.2, -0.15) is 5.26 Å². The number of benzene rings is 2. The minimum atomic E-state index is 0.320. The Hall–Kier alpha value is -1.69. The number of halogens is 2. The van der Waals surface area contributed by atoms with Gasteiger partial charge in [0.15, 0.2) is 5.75 Å². The number of aryl methyl sites for hydroxylation is 1. The van der Waals surface area contributed by atoms with Gasteiger partial charge in [0.2, 0.25) is 0 Å². The first-order chi connectivity index (χ1) is 8.60. The molecule has 0 spiro atoms. The third-order valence-corrected chi connectivity index (χ3v) is 2.90. The average molecular weight is 278 g/mol. The summed E-state index contributed by atoms with van der Waals surface area (Å²) in [5.41, 5.74) is 1.48. The van der Waals surface area contributed by atoms with Crippen LogP contribution in [0.25, 0.3) is 0 Å². The quantitative estimate of drug-likeness (QED) is 0.777. The Morgan fingerprint density at radius 2 is 1.78 bits per heavy atom. The molecule has 90 valence electrons. The molecule has 0 radical (unpaired) electrons. The van der Waals surface area contributed by atoms with Crippen molar-refractivity contribution < 1.29 is 4.74 Å². The summed E-state index contributed by atoms with van der Waals surface area (Å²) in [7, 11) is 0. The maximum absolute atomic E-state index is 8.80. The topological polar surface area (TPSA) is 33.0 Å². The van der Waals surface area contributed by atoms with Crippen LogP contribution >= 0.6 is 23.2 Å². The lowest BCUT2D eigenvalue weighted by Crippen LogP contribution is -1.88. The summed E-state index contributed by atoms with van der Waals surface area (Å²) in [6, 6.07) is 12.6. The number of ether oxygens (including phenoxy) is 1. The van der Waals surface area contributed by atoms with Gasteiger partial charge in [-0.25, -0.2) is 0 Å². The molecule has 0 saturated carbocycles. The van der Waals surface area contributed by atoms with E-state index in [0.29, 0.717) is 27.1 Å². The Bertz CT molecular complexity index is 609. The van der Waals surface area contributed by atoms with Crippen molar-refractivity contribution in [2.24, 2.45) is 0 Å². The summed E-state index contributed by atoms with van der Waals surface area (Å²) in [4.78, 5) is 0. The summed E-state index contributed by atoms with van der Waals surface area (Å²) in [6.45, 7) is 1.97. The molecule has 0 saturated heterocycles. The molecular weight excluding hydrogens is 269 g/mol. The molecule has 0 heterocycles. The third kappa shape index (κ3) is 2.76. The summed E-state index contributed by atoms with van der Waals surface area (Å²) in [5, 5.41) is 9.44. The van der Waals surface area contributed by atoms with E-state index < -0.39 is 0 Å². The number of hydrogen-bond donors (Lipinski definition) is 0. The van der Waals surface area contributed by atoms with Gasteiger partial charge in [0.1, 0.15) is 5.75 Å². The lowest BCUT2D eigenvalue weighted by molar-refractivity contribution is 0.482. The molecule has 0 N–H and O–H groups in total. The smallest absolute Gasteiger partial charge is 0.164 e. The first kappa shape index (κ1) is 12.8. The molecular formula is C14H9Cl2NO. The Kier molecular flexibility index (Phi) is 3.76. The molecule has 0 aliphatic heterocycles. The zero-order valence-electron chi connectivity index (χ0n) is 9.58. The average Bonchev–Trinajstić information content (AvgIpc) is 2.33. The zero-order valence-corrected chi connectivity index (χ0v) is 11.1. The maximum atomic E-state index is 8.80. The van der Waals surface area contributed by atoms with Crippen LogP contribution in [0.5, 0.6) is 11.5 Å². The lowest BCUT2D eigenvalue weighted by Gasteiger charge is -2.10. The number of nitriles is 1. The molecule has 0 fully saturated rings. The largest absolute Gasteiger partial charge is 0.454 e. The zero-order chi connectivity index (χ0) is 13.1. The van der Waals surface area contributed by atoms with E-state index in [0.717, 1.165) is 5.56 Å². The molecule has 2 aromatic rings. The van der Waals surface area contributed by atoms with Gasteiger partial charge in [0, 0.05) is 0 Å². The van der Waals surface area contributed by atoms with Crippen molar-refractivity contribution in [1.82, 2.24) is 0 Å². The molecule has 2 nitrogen and oxygen atoms in total.